The Morgan fingerprint density at radius 2 is 2.47 bits per heavy atom. The maximum atomic E-state index is 11.0. The van der Waals surface area contributed by atoms with E-state index in [0.29, 0.717) is 13.0 Å². The van der Waals surface area contributed by atoms with Gasteiger partial charge in [-0.05, 0) is 18.6 Å². The quantitative estimate of drug-likeness (QED) is 0.815. The summed E-state index contributed by atoms with van der Waals surface area (Å²) in [5.74, 6) is -0.0806. The van der Waals surface area contributed by atoms with E-state index in [0.717, 1.165) is 22.9 Å². The first kappa shape index (κ1) is 13.8. The van der Waals surface area contributed by atoms with Crippen LogP contribution in [0.25, 0.3) is 10.8 Å². The highest BCUT2D eigenvalue weighted by Gasteiger charge is 2.16. The van der Waals surface area contributed by atoms with Gasteiger partial charge in [0.1, 0.15) is 6.04 Å². The molecule has 2 aromatic heterocycles. The van der Waals surface area contributed by atoms with E-state index >= 15 is 0 Å². The van der Waals surface area contributed by atoms with Gasteiger partial charge in [0.05, 0.1) is 12.0 Å². The Labute approximate surface area is 115 Å². The molecule has 0 saturated heterocycles. The first-order valence-electron chi connectivity index (χ1n) is 6.15. The molecule has 2 rings (SSSR count). The van der Waals surface area contributed by atoms with Gasteiger partial charge in [0.15, 0.2) is 10.8 Å². The van der Waals surface area contributed by atoms with Gasteiger partial charge in [-0.15, -0.1) is 11.3 Å². The minimum absolute atomic E-state index is 0.453. The zero-order valence-electron chi connectivity index (χ0n) is 10.6. The van der Waals surface area contributed by atoms with Crippen LogP contribution < -0.4 is 5.32 Å². The zero-order chi connectivity index (χ0) is 13.7. The van der Waals surface area contributed by atoms with E-state index < -0.39 is 12.0 Å². The average molecular weight is 280 g/mol. The van der Waals surface area contributed by atoms with Crippen LogP contribution in [0.3, 0.4) is 0 Å². The van der Waals surface area contributed by atoms with Crippen LogP contribution in [0.2, 0.25) is 0 Å². The van der Waals surface area contributed by atoms with Gasteiger partial charge in [0.2, 0.25) is 0 Å². The fourth-order valence-corrected chi connectivity index (χ4v) is 2.52. The second-order valence-electron chi connectivity index (χ2n) is 4.18. The van der Waals surface area contributed by atoms with Gasteiger partial charge in [-0.2, -0.15) is 0 Å². The summed E-state index contributed by atoms with van der Waals surface area (Å²) >= 11 is 1.49. The lowest BCUT2D eigenvalue weighted by Crippen LogP contribution is -2.36. The van der Waals surface area contributed by atoms with Crippen LogP contribution >= 0.6 is 11.3 Å². The molecule has 19 heavy (non-hydrogen) atoms. The molecule has 1 unspecified atom stereocenters. The molecule has 0 aliphatic carbocycles. The van der Waals surface area contributed by atoms with Crippen molar-refractivity contribution >= 4 is 17.3 Å². The molecule has 0 saturated carbocycles. The third-order valence-electron chi connectivity index (χ3n) is 2.69. The molecule has 102 valence electrons. The van der Waals surface area contributed by atoms with Crippen LogP contribution in [0.1, 0.15) is 25.5 Å². The predicted octanol–water partition coefficient (Wildman–Crippen LogP) is 2.75. The maximum Gasteiger partial charge on any atom is 0.320 e. The molecule has 0 amide bonds. The normalized spacial score (nSPS) is 12.5. The number of nitrogens with zero attached hydrogens (tertiary/aromatic N) is 1. The molecule has 0 fully saturated rings. The first-order valence-corrected chi connectivity index (χ1v) is 7.03. The summed E-state index contributed by atoms with van der Waals surface area (Å²) in [6, 6.07) is 3.16. The topological polar surface area (TPSA) is 75.4 Å². The molecule has 1 atom stereocenters. The van der Waals surface area contributed by atoms with Crippen molar-refractivity contribution in [2.75, 3.05) is 0 Å². The van der Waals surface area contributed by atoms with E-state index in [-0.39, 0.29) is 0 Å². The van der Waals surface area contributed by atoms with E-state index in [9.17, 15) is 4.79 Å². The molecule has 0 aliphatic rings. The molecular formula is C13H16N2O3S. The third-order valence-corrected chi connectivity index (χ3v) is 3.59. The summed E-state index contributed by atoms with van der Waals surface area (Å²) in [6.07, 6.45) is 3.06. The number of rotatable bonds is 7. The molecule has 0 aromatic carbocycles. The van der Waals surface area contributed by atoms with Crippen molar-refractivity contribution in [2.45, 2.75) is 32.4 Å². The van der Waals surface area contributed by atoms with Crippen LogP contribution in [0, 0.1) is 0 Å². The van der Waals surface area contributed by atoms with E-state index in [4.69, 9.17) is 9.52 Å². The van der Waals surface area contributed by atoms with Crippen LogP contribution in [0.4, 0.5) is 0 Å². The number of furan rings is 1. The lowest BCUT2D eigenvalue weighted by molar-refractivity contribution is -0.139. The molecule has 2 N–H and O–H groups in total. The number of carboxylic acids is 1. The van der Waals surface area contributed by atoms with Crippen molar-refractivity contribution < 1.29 is 14.3 Å². The third kappa shape index (κ3) is 3.65. The largest absolute Gasteiger partial charge is 0.480 e. The summed E-state index contributed by atoms with van der Waals surface area (Å²) in [5.41, 5.74) is 0.832. The number of thiazole rings is 1. The number of nitrogens with one attached hydrogen (secondary N) is 1. The second-order valence-corrected chi connectivity index (χ2v) is 5.04. The first-order chi connectivity index (χ1) is 9.20. The lowest BCUT2D eigenvalue weighted by Gasteiger charge is -2.11. The summed E-state index contributed by atoms with van der Waals surface area (Å²) in [6.45, 7) is 2.42. The predicted molar refractivity (Wildman–Crippen MR) is 73.0 cm³/mol. The Bertz CT molecular complexity index is 522. The molecular weight excluding hydrogens is 264 g/mol. The van der Waals surface area contributed by atoms with Crippen LogP contribution in [-0.2, 0) is 11.3 Å². The molecule has 5 nitrogen and oxygen atoms in total. The Hall–Kier alpha value is -1.66. The average Bonchev–Trinajstić information content (AvgIpc) is 3.04. The minimum Gasteiger partial charge on any atom is -0.480 e. The van der Waals surface area contributed by atoms with Gasteiger partial charge in [-0.25, -0.2) is 4.98 Å². The molecule has 0 aliphatic heterocycles. The summed E-state index contributed by atoms with van der Waals surface area (Å²) in [7, 11) is 0. The number of hydrogen-bond acceptors (Lipinski definition) is 5. The van der Waals surface area contributed by atoms with Gasteiger partial charge in [-0.1, -0.05) is 13.3 Å². The molecule has 2 heterocycles. The highest BCUT2D eigenvalue weighted by atomic mass is 32.1. The van der Waals surface area contributed by atoms with Crippen molar-refractivity contribution in [3.05, 3.63) is 29.5 Å². The summed E-state index contributed by atoms with van der Waals surface area (Å²) < 4.78 is 5.27. The monoisotopic (exact) mass is 280 g/mol. The van der Waals surface area contributed by atoms with Crippen molar-refractivity contribution in [3.8, 4) is 10.8 Å². The molecule has 0 spiro atoms. The Morgan fingerprint density at radius 1 is 1.63 bits per heavy atom. The van der Waals surface area contributed by atoms with E-state index in [1.165, 1.54) is 11.3 Å². The fraction of sp³-hybridized carbons (Fsp3) is 0.385. The minimum atomic E-state index is -0.816. The number of aromatic nitrogens is 1. The molecule has 6 heteroatoms. The lowest BCUT2D eigenvalue weighted by atomic mass is 10.1. The van der Waals surface area contributed by atoms with Crippen LogP contribution in [0.5, 0.6) is 0 Å². The number of carboxylic acid groups (broad SMARTS) is 1. The van der Waals surface area contributed by atoms with E-state index in [1.54, 1.807) is 6.26 Å². The Kier molecular flexibility index (Phi) is 4.70. The second kappa shape index (κ2) is 6.49. The summed E-state index contributed by atoms with van der Waals surface area (Å²) in [4.78, 5) is 15.4. The zero-order valence-corrected chi connectivity index (χ0v) is 11.4. The van der Waals surface area contributed by atoms with E-state index in [1.807, 2.05) is 24.4 Å². The fourth-order valence-electron chi connectivity index (χ4n) is 1.73. The summed E-state index contributed by atoms with van der Waals surface area (Å²) in [5, 5.41) is 14.8. The number of aliphatic carboxylic acids is 1. The van der Waals surface area contributed by atoms with Crippen molar-refractivity contribution in [3.63, 3.8) is 0 Å². The molecule has 0 radical (unpaired) electrons. The van der Waals surface area contributed by atoms with E-state index in [2.05, 4.69) is 10.3 Å². The van der Waals surface area contributed by atoms with Gasteiger partial charge in [-0.3, -0.25) is 10.1 Å². The number of carbonyl (C=O) groups is 1. The van der Waals surface area contributed by atoms with Crippen molar-refractivity contribution in [2.24, 2.45) is 0 Å². The van der Waals surface area contributed by atoms with Gasteiger partial charge >= 0.3 is 5.97 Å². The smallest absolute Gasteiger partial charge is 0.320 e. The molecule has 0 bridgehead atoms. The van der Waals surface area contributed by atoms with Gasteiger partial charge < -0.3 is 9.52 Å². The SMILES string of the molecule is CCCC(NCc1csc(-c2ccco2)n1)C(=O)O. The maximum absolute atomic E-state index is 11.0. The van der Waals surface area contributed by atoms with Crippen molar-refractivity contribution in [1.82, 2.24) is 10.3 Å². The van der Waals surface area contributed by atoms with Gasteiger partial charge in [0.25, 0.3) is 0 Å². The molecule has 2 aromatic rings. The highest BCUT2D eigenvalue weighted by Crippen LogP contribution is 2.23. The standard InChI is InChI=1S/C13H16N2O3S/c1-2-4-10(13(16)17)14-7-9-8-19-12(15-9)11-5-3-6-18-11/h3,5-6,8,10,14H,2,4,7H2,1H3,(H,16,17). The van der Waals surface area contributed by atoms with Gasteiger partial charge in [0, 0.05) is 11.9 Å². The van der Waals surface area contributed by atoms with Crippen LogP contribution in [0.15, 0.2) is 28.2 Å². The van der Waals surface area contributed by atoms with Crippen molar-refractivity contribution in [1.29, 1.82) is 0 Å². The Balaban J connectivity index is 1.95. The number of hydrogen-bond donors (Lipinski definition) is 2. The van der Waals surface area contributed by atoms with Crippen LogP contribution in [-0.4, -0.2) is 22.1 Å². The highest BCUT2D eigenvalue weighted by molar-refractivity contribution is 7.13. The Morgan fingerprint density at radius 3 is 3.11 bits per heavy atom.